The Labute approximate surface area is 222 Å². The van der Waals surface area contributed by atoms with E-state index in [1.54, 1.807) is 52.6 Å². The van der Waals surface area contributed by atoms with E-state index in [1.165, 1.54) is 13.4 Å². The molecule has 1 aliphatic rings. The van der Waals surface area contributed by atoms with Crippen LogP contribution < -0.4 is 16.1 Å². The molecule has 2 aromatic heterocycles. The highest BCUT2D eigenvalue weighted by atomic mass is 31.2. The van der Waals surface area contributed by atoms with Crippen LogP contribution in [0.1, 0.15) is 47.3 Å². The quantitative estimate of drug-likeness (QED) is 0.270. The van der Waals surface area contributed by atoms with Gasteiger partial charge in [0.25, 0.3) is 8.53 Å². The molecular weight excluding hydrogens is 521 g/mol. The highest BCUT2D eigenvalue weighted by Crippen LogP contribution is 2.38. The number of anilines is 1. The van der Waals surface area contributed by atoms with Gasteiger partial charge in [-0.25, -0.2) is 19.7 Å². The number of carbonyl (C=O) groups is 2. The van der Waals surface area contributed by atoms with Crippen molar-refractivity contribution in [2.75, 3.05) is 33.1 Å². The largest absolute Gasteiger partial charge is 0.444 e. The number of imidazole rings is 1. The number of nitrogen functional groups attached to an aromatic ring is 1. The van der Waals surface area contributed by atoms with Crippen molar-refractivity contribution in [2.24, 2.45) is 0 Å². The zero-order chi connectivity index (χ0) is 28.1. The Kier molecular flexibility index (Phi) is 9.79. The Balaban J connectivity index is 1.63. The first-order valence-corrected chi connectivity index (χ1v) is 13.0. The number of rotatable bonds is 11. The van der Waals surface area contributed by atoms with Crippen LogP contribution >= 0.6 is 8.53 Å². The molecule has 1 fully saturated rings. The van der Waals surface area contributed by atoms with Crippen LogP contribution in [0.3, 0.4) is 0 Å². The molecule has 3 heterocycles. The van der Waals surface area contributed by atoms with E-state index in [-0.39, 0.29) is 19.0 Å². The minimum Gasteiger partial charge on any atom is -0.444 e. The zero-order valence-corrected chi connectivity index (χ0v) is 23.5. The molecule has 0 bridgehead atoms. The fraction of sp³-hybridized carbons (Fsp3) is 0.682. The Morgan fingerprint density at radius 3 is 2.61 bits per heavy atom. The summed E-state index contributed by atoms with van der Waals surface area (Å²) in [5, 5.41) is 4.98. The topological polar surface area (TPSA) is 183 Å². The van der Waals surface area contributed by atoms with Gasteiger partial charge in [-0.3, -0.25) is 14.4 Å². The standard InChI is InChI=1S/C22H36N7O8P/c1-21(2,3)37-20(31)24-9-15(30)28-38(33-7)34-10-14-13(36-22(4,5)32-6)8-16(35-14)29-12-27-17-18(23)25-11-26-19(17)29/h11-14,16H,8-10H2,1-7H3,(H,24,31)(H,28,30)(H2,23,25,26). The van der Waals surface area contributed by atoms with Crippen molar-refractivity contribution in [1.82, 2.24) is 29.9 Å². The summed E-state index contributed by atoms with van der Waals surface area (Å²) in [6, 6.07) is 0. The molecule has 2 aromatic rings. The lowest BCUT2D eigenvalue weighted by Crippen LogP contribution is -2.39. The number of fused-ring (bicyclic) bond motifs is 1. The van der Waals surface area contributed by atoms with Gasteiger partial charge in [0.05, 0.1) is 19.0 Å². The Morgan fingerprint density at radius 2 is 1.95 bits per heavy atom. The van der Waals surface area contributed by atoms with Crippen molar-refractivity contribution < 1.29 is 37.6 Å². The molecule has 0 saturated carbocycles. The maximum Gasteiger partial charge on any atom is 0.408 e. The van der Waals surface area contributed by atoms with Crippen LogP contribution in [0.2, 0.25) is 0 Å². The first-order chi connectivity index (χ1) is 17.8. The van der Waals surface area contributed by atoms with Crippen LogP contribution in [-0.2, 0) is 32.8 Å². The molecule has 0 spiro atoms. The Morgan fingerprint density at radius 1 is 1.21 bits per heavy atom. The third-order valence-corrected chi connectivity index (χ3v) is 6.48. The van der Waals surface area contributed by atoms with Crippen LogP contribution in [0.15, 0.2) is 12.7 Å². The maximum atomic E-state index is 12.3. The van der Waals surface area contributed by atoms with E-state index in [9.17, 15) is 9.59 Å². The van der Waals surface area contributed by atoms with E-state index in [2.05, 4.69) is 25.4 Å². The summed E-state index contributed by atoms with van der Waals surface area (Å²) in [5.74, 6) is -1.13. The predicted octanol–water partition coefficient (Wildman–Crippen LogP) is 1.99. The maximum absolute atomic E-state index is 12.3. The highest BCUT2D eigenvalue weighted by molar-refractivity contribution is 7.45. The van der Waals surface area contributed by atoms with Crippen LogP contribution in [-0.4, -0.2) is 82.5 Å². The van der Waals surface area contributed by atoms with Gasteiger partial charge in [-0.2, -0.15) is 0 Å². The van der Waals surface area contributed by atoms with Crippen molar-refractivity contribution in [1.29, 1.82) is 0 Å². The minimum absolute atomic E-state index is 0.0318. The Hall–Kier alpha value is -2.68. The second-order valence-electron chi connectivity index (χ2n) is 9.83. The van der Waals surface area contributed by atoms with Crippen LogP contribution in [0.5, 0.6) is 0 Å². The van der Waals surface area contributed by atoms with E-state index in [1.807, 2.05) is 0 Å². The van der Waals surface area contributed by atoms with E-state index in [0.29, 0.717) is 17.6 Å². The van der Waals surface area contributed by atoms with Crippen molar-refractivity contribution in [3.63, 3.8) is 0 Å². The molecule has 0 aromatic carbocycles. The molecule has 15 nitrogen and oxygen atoms in total. The van der Waals surface area contributed by atoms with Gasteiger partial charge in [-0.05, 0) is 34.6 Å². The number of nitrogens with two attached hydrogens (primary N) is 1. The fourth-order valence-corrected chi connectivity index (χ4v) is 4.34. The molecule has 0 aliphatic carbocycles. The lowest BCUT2D eigenvalue weighted by atomic mass is 10.1. The number of hydrogen-bond donors (Lipinski definition) is 3. The average Bonchev–Trinajstić information content (AvgIpc) is 3.43. The second-order valence-corrected chi connectivity index (χ2v) is 11.2. The monoisotopic (exact) mass is 557 g/mol. The molecule has 4 unspecified atom stereocenters. The fourth-order valence-electron chi connectivity index (χ4n) is 3.52. The second kappa shape index (κ2) is 12.5. The van der Waals surface area contributed by atoms with Crippen LogP contribution in [0.4, 0.5) is 10.6 Å². The lowest BCUT2D eigenvalue weighted by molar-refractivity contribution is -0.232. The number of methoxy groups -OCH3 is 1. The van der Waals surface area contributed by atoms with Gasteiger partial charge in [0.1, 0.15) is 36.3 Å². The lowest BCUT2D eigenvalue weighted by Gasteiger charge is -2.30. The summed E-state index contributed by atoms with van der Waals surface area (Å²) in [4.78, 5) is 36.6. The third kappa shape index (κ3) is 8.16. The molecule has 212 valence electrons. The molecule has 1 aliphatic heterocycles. The van der Waals surface area contributed by atoms with Gasteiger partial charge in [-0.1, -0.05) is 0 Å². The first-order valence-electron chi connectivity index (χ1n) is 11.9. The summed E-state index contributed by atoms with van der Waals surface area (Å²) in [6.07, 6.45) is 1.20. The van der Waals surface area contributed by atoms with Crippen molar-refractivity contribution in [3.05, 3.63) is 12.7 Å². The molecule has 2 amide bonds. The SMILES string of the molecule is COP(NC(=O)CNC(=O)OC(C)(C)C)OCC1OC(n2cnc3c(N)ncnc32)CC1OC(C)(C)OC. The first kappa shape index (κ1) is 29.9. The van der Waals surface area contributed by atoms with Crippen molar-refractivity contribution >= 4 is 37.5 Å². The molecule has 4 atom stereocenters. The van der Waals surface area contributed by atoms with Gasteiger partial charge < -0.3 is 39.0 Å². The predicted molar refractivity (Wildman–Crippen MR) is 136 cm³/mol. The molecule has 38 heavy (non-hydrogen) atoms. The van der Waals surface area contributed by atoms with Gasteiger partial charge in [0.15, 0.2) is 17.3 Å². The molecule has 4 N–H and O–H groups in total. The van der Waals surface area contributed by atoms with Crippen molar-refractivity contribution in [3.8, 4) is 0 Å². The van der Waals surface area contributed by atoms with E-state index in [0.717, 1.165) is 0 Å². The molecule has 3 rings (SSSR count). The third-order valence-electron chi connectivity index (χ3n) is 5.33. The summed E-state index contributed by atoms with van der Waals surface area (Å²) >= 11 is 0. The van der Waals surface area contributed by atoms with Gasteiger partial charge in [-0.15, -0.1) is 0 Å². The van der Waals surface area contributed by atoms with E-state index >= 15 is 0 Å². The average molecular weight is 558 g/mol. The Bertz CT molecular complexity index is 1110. The normalized spacial score (nSPS) is 20.9. The van der Waals surface area contributed by atoms with Gasteiger partial charge in [0.2, 0.25) is 5.91 Å². The van der Waals surface area contributed by atoms with E-state index < -0.39 is 50.4 Å². The van der Waals surface area contributed by atoms with Gasteiger partial charge >= 0.3 is 6.09 Å². The van der Waals surface area contributed by atoms with Gasteiger partial charge in [0, 0.05) is 20.6 Å². The summed E-state index contributed by atoms with van der Waals surface area (Å²) < 4.78 is 35.9. The number of aromatic nitrogens is 4. The number of alkyl carbamates (subject to hydrolysis) is 1. The zero-order valence-electron chi connectivity index (χ0n) is 22.6. The number of hydrogen-bond acceptors (Lipinski definition) is 12. The van der Waals surface area contributed by atoms with Crippen LogP contribution in [0.25, 0.3) is 11.2 Å². The smallest absolute Gasteiger partial charge is 0.408 e. The number of nitrogens with one attached hydrogen (secondary N) is 2. The molecule has 0 radical (unpaired) electrons. The summed E-state index contributed by atoms with van der Waals surface area (Å²) in [5.41, 5.74) is 6.23. The van der Waals surface area contributed by atoms with E-state index in [4.69, 9.17) is 33.7 Å². The number of amides is 2. The molecular formula is C22H36N7O8P. The van der Waals surface area contributed by atoms with Crippen molar-refractivity contribution in [2.45, 2.75) is 70.9 Å². The molecule has 16 heteroatoms. The highest BCUT2D eigenvalue weighted by Gasteiger charge is 2.41. The number of ether oxygens (including phenoxy) is 4. The van der Waals surface area contributed by atoms with Crippen LogP contribution in [0, 0.1) is 0 Å². The summed E-state index contributed by atoms with van der Waals surface area (Å²) in [6.45, 7) is 8.48. The number of nitrogens with zero attached hydrogens (tertiary/aromatic N) is 4. The molecule has 1 saturated heterocycles. The minimum atomic E-state index is -1.83. The summed E-state index contributed by atoms with van der Waals surface area (Å²) in [7, 11) is 1.11. The number of carbonyl (C=O) groups excluding carboxylic acids is 2.